The molecular weight excluding hydrogens is 378 g/mol. The highest BCUT2D eigenvalue weighted by Crippen LogP contribution is 2.34. The summed E-state index contributed by atoms with van der Waals surface area (Å²) in [4.78, 5) is 39.2. The molecule has 0 radical (unpaired) electrons. The highest BCUT2D eigenvalue weighted by molar-refractivity contribution is 6.34. The molecule has 0 saturated heterocycles. The molecule has 0 spiro atoms. The van der Waals surface area contributed by atoms with Crippen molar-refractivity contribution in [2.24, 2.45) is 11.8 Å². The largest absolute Gasteiger partial charge is 0.426 e. The number of imide groups is 1. The quantitative estimate of drug-likeness (QED) is 0.367. The Hall–Kier alpha value is -2.95. The maximum atomic E-state index is 12.7. The maximum Gasteiger partial charge on any atom is 0.314 e. The van der Waals surface area contributed by atoms with Gasteiger partial charge in [-0.05, 0) is 55.9 Å². The van der Waals surface area contributed by atoms with Gasteiger partial charge in [0.05, 0.1) is 22.7 Å². The molecule has 0 aromatic heterocycles. The molecule has 0 atom stereocenters. The van der Waals surface area contributed by atoms with Crippen LogP contribution in [0.1, 0.15) is 72.6 Å². The van der Waals surface area contributed by atoms with Crippen molar-refractivity contribution in [3.8, 4) is 5.75 Å². The van der Waals surface area contributed by atoms with E-state index in [9.17, 15) is 14.4 Å². The molecule has 156 valence electrons. The fraction of sp³-hybridized carbons (Fsp3) is 0.400. The fourth-order valence-corrected chi connectivity index (χ4v) is 4.49. The number of hydrogen-bond donors (Lipinski definition) is 0. The van der Waals surface area contributed by atoms with Crippen molar-refractivity contribution in [1.82, 2.24) is 0 Å². The number of anilines is 1. The van der Waals surface area contributed by atoms with Crippen molar-refractivity contribution >= 4 is 23.5 Å². The predicted molar refractivity (Wildman–Crippen MR) is 115 cm³/mol. The average Bonchev–Trinajstić information content (AvgIpc) is 3.03. The summed E-state index contributed by atoms with van der Waals surface area (Å²) in [7, 11) is 0. The number of ether oxygens (including phenoxy) is 1. The van der Waals surface area contributed by atoms with Crippen molar-refractivity contribution in [2.75, 3.05) is 4.90 Å². The van der Waals surface area contributed by atoms with E-state index >= 15 is 0 Å². The zero-order valence-corrected chi connectivity index (χ0v) is 17.3. The molecule has 1 aliphatic heterocycles. The molecule has 2 aromatic rings. The minimum absolute atomic E-state index is 0.0779. The van der Waals surface area contributed by atoms with Gasteiger partial charge in [-0.15, -0.1) is 0 Å². The summed E-state index contributed by atoms with van der Waals surface area (Å²) >= 11 is 0. The highest BCUT2D eigenvalue weighted by atomic mass is 16.5. The number of amides is 2. The van der Waals surface area contributed by atoms with Gasteiger partial charge < -0.3 is 4.74 Å². The van der Waals surface area contributed by atoms with E-state index in [-0.39, 0.29) is 23.7 Å². The zero-order chi connectivity index (χ0) is 21.1. The highest BCUT2D eigenvalue weighted by Gasteiger charge is 2.36. The van der Waals surface area contributed by atoms with Gasteiger partial charge in [0.1, 0.15) is 5.75 Å². The Balaban J connectivity index is 1.42. The van der Waals surface area contributed by atoms with Crippen LogP contribution in [-0.4, -0.2) is 17.8 Å². The van der Waals surface area contributed by atoms with Gasteiger partial charge in [-0.2, -0.15) is 0 Å². The lowest BCUT2D eigenvalue weighted by Crippen LogP contribution is -2.29. The number of esters is 1. The smallest absolute Gasteiger partial charge is 0.314 e. The lowest BCUT2D eigenvalue weighted by Gasteiger charge is -2.27. The molecule has 30 heavy (non-hydrogen) atoms. The Morgan fingerprint density at radius 1 is 0.967 bits per heavy atom. The standard InChI is InChI=1S/C25H27NO4/c1-2-3-7-17-12-14-18(15-13-17)25(29)30-20-9-6-8-19(16-20)26-23(27)21-10-4-5-11-22(21)24(26)28/h4-6,8-11,16-18H,2-3,7,12-15H2,1H3. The van der Waals surface area contributed by atoms with Gasteiger partial charge in [0.25, 0.3) is 11.8 Å². The molecule has 2 aliphatic rings. The van der Waals surface area contributed by atoms with Gasteiger partial charge >= 0.3 is 5.97 Å². The summed E-state index contributed by atoms with van der Waals surface area (Å²) < 4.78 is 5.63. The van der Waals surface area contributed by atoms with E-state index in [0.717, 1.165) is 36.5 Å². The summed E-state index contributed by atoms with van der Waals surface area (Å²) in [5.74, 6) is 0.0801. The number of carbonyl (C=O) groups excluding carboxylic acids is 3. The Labute approximate surface area is 177 Å². The predicted octanol–water partition coefficient (Wildman–Crippen LogP) is 5.39. The van der Waals surface area contributed by atoms with Crippen LogP contribution in [-0.2, 0) is 4.79 Å². The number of fused-ring (bicyclic) bond motifs is 1. The van der Waals surface area contributed by atoms with Gasteiger partial charge in [0.15, 0.2) is 0 Å². The molecule has 1 fully saturated rings. The van der Waals surface area contributed by atoms with Crippen molar-refractivity contribution < 1.29 is 19.1 Å². The van der Waals surface area contributed by atoms with Crippen LogP contribution in [0.4, 0.5) is 5.69 Å². The van der Waals surface area contributed by atoms with Gasteiger partial charge in [0, 0.05) is 6.07 Å². The topological polar surface area (TPSA) is 63.7 Å². The zero-order valence-electron chi connectivity index (χ0n) is 17.3. The number of rotatable bonds is 6. The van der Waals surface area contributed by atoms with Crippen molar-refractivity contribution in [2.45, 2.75) is 51.9 Å². The van der Waals surface area contributed by atoms with Crippen LogP contribution in [0.5, 0.6) is 5.75 Å². The van der Waals surface area contributed by atoms with E-state index in [2.05, 4.69) is 6.92 Å². The molecule has 5 heteroatoms. The Morgan fingerprint density at radius 2 is 1.63 bits per heavy atom. The van der Waals surface area contributed by atoms with Crippen LogP contribution >= 0.6 is 0 Å². The second-order valence-corrected chi connectivity index (χ2v) is 8.27. The van der Waals surface area contributed by atoms with Crippen molar-refractivity contribution in [1.29, 1.82) is 0 Å². The van der Waals surface area contributed by atoms with Gasteiger partial charge in [-0.1, -0.05) is 44.4 Å². The summed E-state index contributed by atoms with van der Waals surface area (Å²) in [6.07, 6.45) is 7.61. The molecule has 1 heterocycles. The molecule has 0 bridgehead atoms. The molecule has 5 nitrogen and oxygen atoms in total. The van der Waals surface area contributed by atoms with Gasteiger partial charge in [0.2, 0.25) is 0 Å². The third kappa shape index (κ3) is 4.02. The van der Waals surface area contributed by atoms with E-state index in [1.807, 2.05) is 0 Å². The molecule has 0 N–H and O–H groups in total. The summed E-state index contributed by atoms with van der Waals surface area (Å²) in [6.45, 7) is 2.21. The molecule has 1 aliphatic carbocycles. The Morgan fingerprint density at radius 3 is 2.27 bits per heavy atom. The third-order valence-corrected chi connectivity index (χ3v) is 6.23. The van der Waals surface area contributed by atoms with Crippen LogP contribution < -0.4 is 9.64 Å². The molecule has 4 rings (SSSR count). The normalized spacial score (nSPS) is 20.9. The fourth-order valence-electron chi connectivity index (χ4n) is 4.49. The minimum Gasteiger partial charge on any atom is -0.426 e. The first-order chi connectivity index (χ1) is 14.6. The summed E-state index contributed by atoms with van der Waals surface area (Å²) in [5, 5.41) is 0. The van der Waals surface area contributed by atoms with E-state index in [4.69, 9.17) is 4.74 Å². The molecule has 2 amide bonds. The third-order valence-electron chi connectivity index (χ3n) is 6.23. The van der Waals surface area contributed by atoms with E-state index < -0.39 is 0 Å². The van der Waals surface area contributed by atoms with Crippen LogP contribution in [0.3, 0.4) is 0 Å². The average molecular weight is 405 g/mol. The second kappa shape index (κ2) is 8.82. The number of carbonyl (C=O) groups is 3. The van der Waals surface area contributed by atoms with Crippen LogP contribution in [0.2, 0.25) is 0 Å². The van der Waals surface area contributed by atoms with Crippen LogP contribution in [0, 0.1) is 11.8 Å². The first-order valence-electron chi connectivity index (χ1n) is 10.9. The monoisotopic (exact) mass is 405 g/mol. The Bertz CT molecular complexity index is 924. The number of hydrogen-bond acceptors (Lipinski definition) is 4. The van der Waals surface area contributed by atoms with E-state index in [0.29, 0.717) is 22.6 Å². The molecule has 1 saturated carbocycles. The first kappa shape index (κ1) is 20.3. The minimum atomic E-state index is -0.357. The van der Waals surface area contributed by atoms with Gasteiger partial charge in [-0.25, -0.2) is 4.90 Å². The summed E-state index contributed by atoms with van der Waals surface area (Å²) in [5.41, 5.74) is 1.20. The second-order valence-electron chi connectivity index (χ2n) is 8.27. The molecule has 0 unspecified atom stereocenters. The lowest BCUT2D eigenvalue weighted by molar-refractivity contribution is -0.140. The van der Waals surface area contributed by atoms with E-state index in [1.54, 1.807) is 48.5 Å². The maximum absolute atomic E-state index is 12.7. The van der Waals surface area contributed by atoms with E-state index in [1.165, 1.54) is 19.3 Å². The van der Waals surface area contributed by atoms with Gasteiger partial charge in [-0.3, -0.25) is 14.4 Å². The lowest BCUT2D eigenvalue weighted by atomic mass is 9.80. The Kier molecular flexibility index (Phi) is 5.98. The van der Waals surface area contributed by atoms with Crippen LogP contribution in [0.25, 0.3) is 0 Å². The molecular formula is C25H27NO4. The van der Waals surface area contributed by atoms with Crippen molar-refractivity contribution in [3.63, 3.8) is 0 Å². The number of unbranched alkanes of at least 4 members (excludes halogenated alkanes) is 1. The molecule has 2 aromatic carbocycles. The number of benzene rings is 2. The first-order valence-corrected chi connectivity index (χ1v) is 10.9. The SMILES string of the molecule is CCCCC1CCC(C(=O)Oc2cccc(N3C(=O)c4ccccc4C3=O)c2)CC1. The van der Waals surface area contributed by atoms with Crippen molar-refractivity contribution in [3.05, 3.63) is 59.7 Å². The number of nitrogens with zero attached hydrogens (tertiary/aromatic N) is 1. The van der Waals surface area contributed by atoms with Crippen LogP contribution in [0.15, 0.2) is 48.5 Å². The summed E-state index contributed by atoms with van der Waals surface area (Å²) in [6, 6.07) is 13.4.